The first-order valence-corrected chi connectivity index (χ1v) is 11.4. The largest absolute Gasteiger partial charge is 0.495 e. The molecule has 0 fully saturated rings. The van der Waals surface area contributed by atoms with Crippen LogP contribution in [-0.2, 0) is 10.0 Å². The first-order chi connectivity index (χ1) is 15.2. The summed E-state index contributed by atoms with van der Waals surface area (Å²) in [5.74, 6) is 0.439. The van der Waals surface area contributed by atoms with Gasteiger partial charge in [-0.15, -0.1) is 0 Å². The molecule has 3 aromatic carbocycles. The predicted molar refractivity (Wildman–Crippen MR) is 126 cm³/mol. The van der Waals surface area contributed by atoms with Gasteiger partial charge in [-0.05, 0) is 55.0 Å². The van der Waals surface area contributed by atoms with E-state index in [0.717, 1.165) is 4.31 Å². The molecule has 0 aliphatic rings. The molecule has 0 aliphatic heterocycles. The minimum atomic E-state index is -3.95. The Kier molecular flexibility index (Phi) is 6.96. The normalized spacial score (nSPS) is 11.0. The lowest BCUT2D eigenvalue weighted by Crippen LogP contribution is -2.27. The van der Waals surface area contributed by atoms with Gasteiger partial charge in [-0.1, -0.05) is 29.8 Å². The average molecular weight is 475 g/mol. The monoisotopic (exact) mass is 474 g/mol. The van der Waals surface area contributed by atoms with Crippen LogP contribution in [-0.4, -0.2) is 35.6 Å². The average Bonchev–Trinajstić information content (AvgIpc) is 2.78. The quantitative estimate of drug-likeness (QED) is 0.534. The van der Waals surface area contributed by atoms with Crippen LogP contribution in [0.3, 0.4) is 0 Å². The summed E-state index contributed by atoms with van der Waals surface area (Å²) in [5.41, 5.74) is 1.70. The number of carbonyl (C=O) groups is 1. The van der Waals surface area contributed by atoms with Gasteiger partial charge >= 0.3 is 0 Å². The Morgan fingerprint density at radius 2 is 1.66 bits per heavy atom. The van der Waals surface area contributed by atoms with Gasteiger partial charge in [-0.25, -0.2) is 8.42 Å². The first-order valence-electron chi connectivity index (χ1n) is 9.56. The van der Waals surface area contributed by atoms with Gasteiger partial charge in [0.2, 0.25) is 0 Å². The van der Waals surface area contributed by atoms with E-state index in [1.54, 1.807) is 55.5 Å². The fourth-order valence-electron chi connectivity index (χ4n) is 3.13. The van der Waals surface area contributed by atoms with Crippen LogP contribution in [0.15, 0.2) is 65.6 Å². The zero-order valence-electron chi connectivity index (χ0n) is 18.0. The number of carbonyl (C=O) groups excluding carboxylic acids is 1. The Balaban J connectivity index is 1.93. The molecule has 0 atom stereocenters. The highest BCUT2D eigenvalue weighted by Gasteiger charge is 2.25. The van der Waals surface area contributed by atoms with E-state index < -0.39 is 15.9 Å². The van der Waals surface area contributed by atoms with Crippen molar-refractivity contribution in [1.82, 2.24) is 0 Å². The van der Waals surface area contributed by atoms with E-state index in [4.69, 9.17) is 21.1 Å². The molecule has 7 nitrogen and oxygen atoms in total. The summed E-state index contributed by atoms with van der Waals surface area (Å²) in [6, 6.07) is 16.1. The van der Waals surface area contributed by atoms with Gasteiger partial charge in [0.1, 0.15) is 11.5 Å². The third-order valence-electron chi connectivity index (χ3n) is 4.95. The highest BCUT2D eigenvalue weighted by molar-refractivity contribution is 7.92. The maximum absolute atomic E-state index is 13.3. The van der Waals surface area contributed by atoms with E-state index in [1.165, 1.54) is 33.4 Å². The lowest BCUT2D eigenvalue weighted by molar-refractivity contribution is 0.102. The van der Waals surface area contributed by atoms with Crippen LogP contribution < -0.4 is 19.1 Å². The van der Waals surface area contributed by atoms with Crippen molar-refractivity contribution >= 4 is 38.9 Å². The molecule has 1 N–H and O–H groups in total. The minimum Gasteiger partial charge on any atom is -0.495 e. The molecule has 0 aromatic heterocycles. The molecular formula is C23H23ClN2O5S. The van der Waals surface area contributed by atoms with Gasteiger partial charge < -0.3 is 14.8 Å². The summed E-state index contributed by atoms with van der Waals surface area (Å²) < 4.78 is 38.1. The number of anilines is 2. The van der Waals surface area contributed by atoms with E-state index >= 15 is 0 Å². The third kappa shape index (κ3) is 4.66. The van der Waals surface area contributed by atoms with Crippen molar-refractivity contribution in [2.45, 2.75) is 11.8 Å². The molecule has 0 saturated carbocycles. The molecule has 0 radical (unpaired) electrons. The molecule has 3 aromatic rings. The molecule has 168 valence electrons. The number of sulfonamides is 1. The SMILES string of the molecule is COc1ccc(NC(=O)c2cc(S(=O)(=O)N(C)c3ccccc3OC)ccc2C)cc1Cl. The van der Waals surface area contributed by atoms with E-state index in [0.29, 0.717) is 33.5 Å². The van der Waals surface area contributed by atoms with Crippen LogP contribution in [0.4, 0.5) is 11.4 Å². The van der Waals surface area contributed by atoms with Gasteiger partial charge in [0.05, 0.1) is 29.8 Å². The Morgan fingerprint density at radius 3 is 2.31 bits per heavy atom. The fourth-order valence-corrected chi connectivity index (χ4v) is 4.62. The maximum Gasteiger partial charge on any atom is 0.264 e. The van der Waals surface area contributed by atoms with Crippen LogP contribution in [0.2, 0.25) is 5.02 Å². The van der Waals surface area contributed by atoms with Crippen LogP contribution >= 0.6 is 11.6 Å². The molecule has 0 unspecified atom stereocenters. The zero-order chi connectivity index (χ0) is 23.5. The van der Waals surface area contributed by atoms with E-state index in [-0.39, 0.29) is 10.5 Å². The molecular weight excluding hydrogens is 452 g/mol. The predicted octanol–water partition coefficient (Wildman–Crippen LogP) is 4.74. The summed E-state index contributed by atoms with van der Waals surface area (Å²) >= 11 is 6.12. The summed E-state index contributed by atoms with van der Waals surface area (Å²) in [7, 11) is 0.454. The molecule has 0 bridgehead atoms. The molecule has 0 aliphatic carbocycles. The summed E-state index contributed by atoms with van der Waals surface area (Å²) in [5, 5.41) is 3.09. The topological polar surface area (TPSA) is 84.9 Å². The lowest BCUT2D eigenvalue weighted by Gasteiger charge is -2.22. The number of hydrogen-bond donors (Lipinski definition) is 1. The Morgan fingerprint density at radius 1 is 0.969 bits per heavy atom. The number of methoxy groups -OCH3 is 2. The Bertz CT molecular complexity index is 1260. The number of aryl methyl sites for hydroxylation is 1. The van der Waals surface area contributed by atoms with Crippen LogP contribution in [0.1, 0.15) is 15.9 Å². The number of para-hydroxylation sites is 2. The smallest absolute Gasteiger partial charge is 0.264 e. The number of rotatable bonds is 7. The number of nitrogens with one attached hydrogen (secondary N) is 1. The van der Waals surface area contributed by atoms with Gasteiger partial charge in [-0.2, -0.15) is 0 Å². The summed E-state index contributed by atoms with van der Waals surface area (Å²) in [6.45, 7) is 1.73. The van der Waals surface area contributed by atoms with E-state index in [2.05, 4.69) is 5.32 Å². The van der Waals surface area contributed by atoms with Gasteiger partial charge in [0.25, 0.3) is 15.9 Å². The standard InChI is InChI=1S/C23H23ClN2O5S/c1-15-9-11-17(32(28,29)26(2)20-7-5-6-8-22(20)31-4)14-18(15)23(27)25-16-10-12-21(30-3)19(24)13-16/h5-14H,1-4H3,(H,25,27). The van der Waals surface area contributed by atoms with Crippen molar-refractivity contribution in [3.63, 3.8) is 0 Å². The number of amides is 1. The molecule has 9 heteroatoms. The fraction of sp³-hybridized carbons (Fsp3) is 0.174. The highest BCUT2D eigenvalue weighted by Crippen LogP contribution is 2.32. The van der Waals surface area contributed by atoms with Crippen molar-refractivity contribution < 1.29 is 22.7 Å². The van der Waals surface area contributed by atoms with Crippen LogP contribution in [0.5, 0.6) is 11.5 Å². The molecule has 3 rings (SSSR count). The number of hydrogen-bond acceptors (Lipinski definition) is 5. The van der Waals surface area contributed by atoms with Crippen molar-refractivity contribution in [2.75, 3.05) is 30.9 Å². The Labute approximate surface area is 192 Å². The summed E-state index contributed by atoms with van der Waals surface area (Å²) in [4.78, 5) is 12.9. The van der Waals surface area contributed by atoms with Crippen molar-refractivity contribution in [3.8, 4) is 11.5 Å². The molecule has 0 heterocycles. The first kappa shape index (κ1) is 23.4. The van der Waals surface area contributed by atoms with E-state index in [9.17, 15) is 13.2 Å². The molecule has 0 spiro atoms. The highest BCUT2D eigenvalue weighted by atomic mass is 35.5. The molecule has 1 amide bonds. The number of nitrogens with zero attached hydrogens (tertiary/aromatic N) is 1. The second-order valence-corrected chi connectivity index (χ2v) is 9.30. The van der Waals surface area contributed by atoms with Crippen LogP contribution in [0, 0.1) is 6.92 Å². The zero-order valence-corrected chi connectivity index (χ0v) is 19.6. The maximum atomic E-state index is 13.3. The second-order valence-electron chi connectivity index (χ2n) is 6.92. The van der Waals surface area contributed by atoms with Crippen molar-refractivity contribution in [1.29, 1.82) is 0 Å². The second kappa shape index (κ2) is 9.50. The van der Waals surface area contributed by atoms with E-state index in [1.807, 2.05) is 0 Å². The summed E-state index contributed by atoms with van der Waals surface area (Å²) in [6.07, 6.45) is 0. The number of halogens is 1. The van der Waals surface area contributed by atoms with Crippen molar-refractivity contribution in [2.24, 2.45) is 0 Å². The lowest BCUT2D eigenvalue weighted by atomic mass is 10.1. The number of ether oxygens (including phenoxy) is 2. The molecule has 0 saturated heterocycles. The third-order valence-corrected chi connectivity index (χ3v) is 7.01. The van der Waals surface area contributed by atoms with Crippen molar-refractivity contribution in [3.05, 3.63) is 76.8 Å². The minimum absolute atomic E-state index is 0.0191. The van der Waals surface area contributed by atoms with Crippen LogP contribution in [0.25, 0.3) is 0 Å². The molecule has 32 heavy (non-hydrogen) atoms. The van der Waals surface area contributed by atoms with Gasteiger partial charge in [0, 0.05) is 18.3 Å². The van der Waals surface area contributed by atoms with Gasteiger partial charge in [0.15, 0.2) is 0 Å². The number of benzene rings is 3. The van der Waals surface area contributed by atoms with Gasteiger partial charge in [-0.3, -0.25) is 9.10 Å². The Hall–Kier alpha value is -3.23.